The molecule has 0 saturated heterocycles. The van der Waals surface area contributed by atoms with Crippen LogP contribution in [0.5, 0.6) is 5.75 Å². The van der Waals surface area contributed by atoms with Crippen LogP contribution in [-0.2, 0) is 14.3 Å². The molecular formula is C21H27NO4. The Hall–Kier alpha value is -2.14. The summed E-state index contributed by atoms with van der Waals surface area (Å²) in [6, 6.07) is 7.98. The molecular weight excluding hydrogens is 330 g/mol. The normalized spacial score (nSPS) is 20.0. The molecule has 2 unspecified atom stereocenters. The summed E-state index contributed by atoms with van der Waals surface area (Å²) in [7, 11) is 0. The van der Waals surface area contributed by atoms with E-state index in [1.807, 2.05) is 12.1 Å². The van der Waals surface area contributed by atoms with Gasteiger partial charge in [-0.2, -0.15) is 0 Å². The molecule has 2 amide bonds. The largest absolute Gasteiger partial charge is 0.463 e. The highest BCUT2D eigenvalue weighted by atomic mass is 16.7. The summed E-state index contributed by atoms with van der Waals surface area (Å²) in [4.78, 5) is 24.9. The van der Waals surface area contributed by atoms with E-state index in [9.17, 15) is 9.59 Å². The van der Waals surface area contributed by atoms with Crippen LogP contribution in [0.1, 0.15) is 57.4 Å². The number of hydrogen-bond donors (Lipinski definition) is 0. The minimum atomic E-state index is -0.652. The maximum absolute atomic E-state index is 11.9. The molecule has 5 nitrogen and oxygen atoms in total. The van der Waals surface area contributed by atoms with Crippen LogP contribution in [0.25, 0.3) is 0 Å². The van der Waals surface area contributed by atoms with E-state index in [0.717, 1.165) is 32.1 Å². The average molecular weight is 357 g/mol. The number of rotatable bonds is 8. The monoisotopic (exact) mass is 357 g/mol. The van der Waals surface area contributed by atoms with Gasteiger partial charge in [0.25, 0.3) is 11.8 Å². The fourth-order valence-electron chi connectivity index (χ4n) is 3.37. The Kier molecular flexibility index (Phi) is 6.09. The van der Waals surface area contributed by atoms with E-state index in [4.69, 9.17) is 9.47 Å². The predicted octanol–water partition coefficient (Wildman–Crippen LogP) is 3.79. The molecule has 1 aromatic rings. The van der Waals surface area contributed by atoms with Crippen molar-refractivity contribution >= 4 is 11.8 Å². The van der Waals surface area contributed by atoms with Crippen LogP contribution < -0.4 is 4.74 Å². The van der Waals surface area contributed by atoms with Crippen molar-refractivity contribution in [1.29, 1.82) is 0 Å². The van der Waals surface area contributed by atoms with Crippen LogP contribution in [-0.4, -0.2) is 35.7 Å². The van der Waals surface area contributed by atoms with E-state index in [0.29, 0.717) is 11.7 Å². The summed E-state index contributed by atoms with van der Waals surface area (Å²) in [5.74, 6) is 0.559. The molecule has 0 spiro atoms. The molecule has 0 aromatic heterocycles. The van der Waals surface area contributed by atoms with Crippen LogP contribution in [0.2, 0.25) is 0 Å². The van der Waals surface area contributed by atoms with Gasteiger partial charge in [0.05, 0.1) is 12.6 Å². The maximum atomic E-state index is 11.9. The maximum Gasteiger partial charge on any atom is 0.253 e. The topological polar surface area (TPSA) is 55.8 Å². The number of carbonyl (C=O) groups is 2. The molecule has 1 saturated carbocycles. The summed E-state index contributed by atoms with van der Waals surface area (Å²) in [6.45, 7) is 4.46. The zero-order chi connectivity index (χ0) is 18.5. The zero-order valence-corrected chi connectivity index (χ0v) is 15.5. The first-order valence-corrected chi connectivity index (χ1v) is 9.52. The third-order valence-electron chi connectivity index (χ3n) is 5.21. The second-order valence-electron chi connectivity index (χ2n) is 7.09. The lowest BCUT2D eigenvalue weighted by Gasteiger charge is -2.26. The molecule has 2 aliphatic rings. The Morgan fingerprint density at radius 1 is 1.08 bits per heavy atom. The minimum Gasteiger partial charge on any atom is -0.463 e. The first kappa shape index (κ1) is 18.6. The van der Waals surface area contributed by atoms with Gasteiger partial charge in [-0.25, -0.2) is 0 Å². The van der Waals surface area contributed by atoms with Gasteiger partial charge in [-0.3, -0.25) is 14.5 Å². The smallest absolute Gasteiger partial charge is 0.253 e. The molecule has 1 aliphatic carbocycles. The minimum absolute atomic E-state index is 0.105. The molecule has 0 radical (unpaired) electrons. The van der Waals surface area contributed by atoms with Gasteiger partial charge in [-0.05, 0) is 42.9 Å². The fourth-order valence-corrected chi connectivity index (χ4v) is 3.37. The lowest BCUT2D eigenvalue weighted by molar-refractivity contribution is -0.153. The molecule has 26 heavy (non-hydrogen) atoms. The fraction of sp³-hybridized carbons (Fsp3) is 0.524. The van der Waals surface area contributed by atoms with Gasteiger partial charge >= 0.3 is 0 Å². The van der Waals surface area contributed by atoms with Crippen molar-refractivity contribution in [1.82, 2.24) is 4.90 Å². The number of hydrogen-bond acceptors (Lipinski definition) is 4. The number of ether oxygens (including phenoxy) is 2. The summed E-state index contributed by atoms with van der Waals surface area (Å²) in [5.41, 5.74) is 1.27. The van der Waals surface area contributed by atoms with Crippen LogP contribution >= 0.6 is 0 Å². The molecule has 1 heterocycles. The molecule has 2 atom stereocenters. The van der Waals surface area contributed by atoms with Gasteiger partial charge < -0.3 is 9.47 Å². The standard InChI is InChI=1S/C21H27NO4/c1-3-15(2)16-8-10-18(11-9-16)26-21(25-17-6-4-5-7-17)14-22-19(23)12-13-20(22)24/h8-13,15,17,21H,3-7,14H2,1-2H3. The molecule has 5 heteroatoms. The number of amides is 2. The molecule has 3 rings (SSSR count). The third kappa shape index (κ3) is 4.52. The van der Waals surface area contributed by atoms with Crippen LogP contribution in [0.3, 0.4) is 0 Å². The molecule has 1 aliphatic heterocycles. The quantitative estimate of drug-likeness (QED) is 0.525. The zero-order valence-electron chi connectivity index (χ0n) is 15.5. The van der Waals surface area contributed by atoms with Crippen molar-refractivity contribution < 1.29 is 19.1 Å². The van der Waals surface area contributed by atoms with Gasteiger partial charge in [-0.15, -0.1) is 0 Å². The van der Waals surface area contributed by atoms with Crippen molar-refractivity contribution in [3.8, 4) is 5.75 Å². The van der Waals surface area contributed by atoms with Crippen molar-refractivity contribution in [2.75, 3.05) is 6.54 Å². The highest BCUT2D eigenvalue weighted by Crippen LogP contribution is 2.26. The lowest BCUT2D eigenvalue weighted by atomic mass is 9.99. The number of imide groups is 1. The van der Waals surface area contributed by atoms with E-state index < -0.39 is 6.29 Å². The average Bonchev–Trinajstić information content (AvgIpc) is 3.27. The van der Waals surface area contributed by atoms with Gasteiger partial charge in [0.2, 0.25) is 6.29 Å². The number of benzene rings is 1. The van der Waals surface area contributed by atoms with E-state index in [1.54, 1.807) is 0 Å². The number of nitrogens with zero attached hydrogens (tertiary/aromatic N) is 1. The van der Waals surface area contributed by atoms with Crippen molar-refractivity contribution in [3.05, 3.63) is 42.0 Å². The van der Waals surface area contributed by atoms with Crippen molar-refractivity contribution in [2.45, 2.75) is 64.3 Å². The van der Waals surface area contributed by atoms with E-state index >= 15 is 0 Å². The second kappa shape index (κ2) is 8.49. The summed E-state index contributed by atoms with van der Waals surface area (Å²) in [5, 5.41) is 0. The van der Waals surface area contributed by atoms with E-state index in [2.05, 4.69) is 26.0 Å². The van der Waals surface area contributed by atoms with Gasteiger partial charge in [0, 0.05) is 12.2 Å². The van der Waals surface area contributed by atoms with E-state index in [-0.39, 0.29) is 24.5 Å². The van der Waals surface area contributed by atoms with Gasteiger partial charge in [0.1, 0.15) is 5.75 Å². The Balaban J connectivity index is 1.68. The van der Waals surface area contributed by atoms with Crippen molar-refractivity contribution in [2.24, 2.45) is 0 Å². The van der Waals surface area contributed by atoms with Gasteiger partial charge in [0.15, 0.2) is 0 Å². The summed E-state index contributed by atoms with van der Waals surface area (Å²) < 4.78 is 12.1. The first-order chi connectivity index (χ1) is 12.6. The highest BCUT2D eigenvalue weighted by molar-refractivity contribution is 6.12. The van der Waals surface area contributed by atoms with Crippen LogP contribution in [0.15, 0.2) is 36.4 Å². The van der Waals surface area contributed by atoms with Gasteiger partial charge in [-0.1, -0.05) is 38.8 Å². The second-order valence-corrected chi connectivity index (χ2v) is 7.09. The van der Waals surface area contributed by atoms with Crippen LogP contribution in [0, 0.1) is 0 Å². The summed E-state index contributed by atoms with van der Waals surface area (Å²) in [6.07, 6.45) is 7.40. The highest BCUT2D eigenvalue weighted by Gasteiger charge is 2.30. The van der Waals surface area contributed by atoms with Crippen molar-refractivity contribution in [3.63, 3.8) is 0 Å². The van der Waals surface area contributed by atoms with E-state index in [1.165, 1.54) is 22.6 Å². The SMILES string of the molecule is CCC(C)c1ccc(OC(CN2C(=O)C=CC2=O)OC2CCCC2)cc1. The molecule has 0 bridgehead atoms. The Morgan fingerprint density at radius 3 is 2.27 bits per heavy atom. The Morgan fingerprint density at radius 2 is 1.69 bits per heavy atom. The van der Waals surface area contributed by atoms with Crippen LogP contribution in [0.4, 0.5) is 0 Å². The lowest BCUT2D eigenvalue weighted by Crippen LogP contribution is -2.42. The number of carbonyl (C=O) groups excluding carboxylic acids is 2. The first-order valence-electron chi connectivity index (χ1n) is 9.52. The molecule has 1 fully saturated rings. The predicted molar refractivity (Wildman–Crippen MR) is 98.8 cm³/mol. The molecule has 140 valence electrons. The Bertz CT molecular complexity index is 643. The Labute approximate surface area is 155 Å². The third-order valence-corrected chi connectivity index (χ3v) is 5.21. The molecule has 1 aromatic carbocycles. The molecule has 0 N–H and O–H groups in total. The summed E-state index contributed by atoms with van der Waals surface area (Å²) >= 11 is 0.